The summed E-state index contributed by atoms with van der Waals surface area (Å²) in [5.74, 6) is 1.75. The summed E-state index contributed by atoms with van der Waals surface area (Å²) in [5.41, 5.74) is 3.23. The third kappa shape index (κ3) is 4.29. The SMILES string of the molecule is C[C@@H](O)CN(Cc1ccc(N2CCCC2=O)cc1)Cc1ccc2c(c1)OCO2. The first kappa shape index (κ1) is 18.8. The van der Waals surface area contributed by atoms with E-state index in [9.17, 15) is 9.90 Å². The number of rotatable bonds is 7. The second kappa shape index (κ2) is 8.20. The topological polar surface area (TPSA) is 62.2 Å². The molecule has 2 aromatic rings. The van der Waals surface area contributed by atoms with Crippen LogP contribution in [0.25, 0.3) is 0 Å². The lowest BCUT2D eigenvalue weighted by Crippen LogP contribution is -2.30. The van der Waals surface area contributed by atoms with Gasteiger partial charge >= 0.3 is 0 Å². The van der Waals surface area contributed by atoms with Crippen LogP contribution in [0.15, 0.2) is 42.5 Å². The Morgan fingerprint density at radius 3 is 2.50 bits per heavy atom. The third-order valence-corrected chi connectivity index (χ3v) is 5.09. The van der Waals surface area contributed by atoms with E-state index in [1.54, 1.807) is 6.92 Å². The van der Waals surface area contributed by atoms with Crippen molar-refractivity contribution >= 4 is 11.6 Å². The Hall–Kier alpha value is -2.57. The Morgan fingerprint density at radius 2 is 1.79 bits per heavy atom. The fraction of sp³-hybridized carbons (Fsp3) is 0.409. The van der Waals surface area contributed by atoms with Gasteiger partial charge in [0.25, 0.3) is 0 Å². The lowest BCUT2D eigenvalue weighted by atomic mass is 10.1. The van der Waals surface area contributed by atoms with E-state index >= 15 is 0 Å². The molecule has 0 aromatic heterocycles. The van der Waals surface area contributed by atoms with Crippen LogP contribution in [0.1, 0.15) is 30.9 Å². The molecule has 4 rings (SSSR count). The van der Waals surface area contributed by atoms with E-state index < -0.39 is 6.10 Å². The highest BCUT2D eigenvalue weighted by Crippen LogP contribution is 2.33. The molecule has 2 heterocycles. The molecule has 0 spiro atoms. The van der Waals surface area contributed by atoms with Gasteiger partial charge < -0.3 is 19.5 Å². The van der Waals surface area contributed by atoms with E-state index in [-0.39, 0.29) is 12.7 Å². The molecule has 148 valence electrons. The zero-order valence-electron chi connectivity index (χ0n) is 16.1. The van der Waals surface area contributed by atoms with Crippen LogP contribution < -0.4 is 14.4 Å². The minimum Gasteiger partial charge on any atom is -0.454 e. The molecule has 1 amide bonds. The summed E-state index contributed by atoms with van der Waals surface area (Å²) >= 11 is 0. The summed E-state index contributed by atoms with van der Waals surface area (Å²) in [5, 5.41) is 9.92. The number of hydrogen-bond acceptors (Lipinski definition) is 5. The number of ether oxygens (including phenoxy) is 2. The van der Waals surface area contributed by atoms with Crippen molar-refractivity contribution < 1.29 is 19.4 Å². The molecule has 1 N–H and O–H groups in total. The smallest absolute Gasteiger partial charge is 0.231 e. The van der Waals surface area contributed by atoms with Gasteiger partial charge in [-0.05, 0) is 48.7 Å². The van der Waals surface area contributed by atoms with Gasteiger partial charge in [0.2, 0.25) is 12.7 Å². The minimum atomic E-state index is -0.421. The van der Waals surface area contributed by atoms with Crippen molar-refractivity contribution in [3.63, 3.8) is 0 Å². The minimum absolute atomic E-state index is 0.200. The highest BCUT2D eigenvalue weighted by Gasteiger charge is 2.21. The number of aliphatic hydroxyl groups is 1. The van der Waals surface area contributed by atoms with E-state index in [0.717, 1.165) is 41.3 Å². The third-order valence-electron chi connectivity index (χ3n) is 5.09. The first-order valence-electron chi connectivity index (χ1n) is 9.77. The molecular formula is C22H26N2O4. The van der Waals surface area contributed by atoms with Crippen LogP contribution in [0.4, 0.5) is 5.69 Å². The van der Waals surface area contributed by atoms with Gasteiger partial charge in [-0.3, -0.25) is 9.69 Å². The van der Waals surface area contributed by atoms with Crippen LogP contribution >= 0.6 is 0 Å². The van der Waals surface area contributed by atoms with Crippen LogP contribution in [0.5, 0.6) is 11.5 Å². The molecule has 1 saturated heterocycles. The second-order valence-corrected chi connectivity index (χ2v) is 7.52. The summed E-state index contributed by atoms with van der Waals surface area (Å²) in [6, 6.07) is 14.1. The highest BCUT2D eigenvalue weighted by molar-refractivity contribution is 5.95. The van der Waals surface area contributed by atoms with E-state index in [4.69, 9.17) is 9.47 Å². The zero-order chi connectivity index (χ0) is 19.5. The molecule has 2 aliphatic rings. The number of hydrogen-bond donors (Lipinski definition) is 1. The summed E-state index contributed by atoms with van der Waals surface area (Å²) in [6.07, 6.45) is 1.15. The fourth-order valence-corrected chi connectivity index (χ4v) is 3.82. The average molecular weight is 382 g/mol. The van der Waals surface area contributed by atoms with Gasteiger partial charge in [-0.2, -0.15) is 0 Å². The number of benzene rings is 2. The summed E-state index contributed by atoms with van der Waals surface area (Å²) in [7, 11) is 0. The maximum Gasteiger partial charge on any atom is 0.231 e. The number of nitrogens with zero attached hydrogens (tertiary/aromatic N) is 2. The van der Waals surface area contributed by atoms with Gasteiger partial charge in [0.05, 0.1) is 6.10 Å². The Balaban J connectivity index is 1.45. The molecule has 0 aliphatic carbocycles. The number of carbonyl (C=O) groups is 1. The lowest BCUT2D eigenvalue weighted by Gasteiger charge is -2.24. The average Bonchev–Trinajstić information content (AvgIpc) is 3.30. The quantitative estimate of drug-likeness (QED) is 0.798. The number of carbonyl (C=O) groups excluding carboxylic acids is 1. The van der Waals surface area contributed by atoms with Crippen molar-refractivity contribution in [2.75, 3.05) is 24.8 Å². The first-order chi connectivity index (χ1) is 13.6. The molecule has 0 unspecified atom stereocenters. The van der Waals surface area contributed by atoms with Gasteiger partial charge in [-0.15, -0.1) is 0 Å². The van der Waals surface area contributed by atoms with Gasteiger partial charge in [-0.1, -0.05) is 18.2 Å². The number of anilines is 1. The van der Waals surface area contributed by atoms with Gasteiger partial charge in [0.15, 0.2) is 11.5 Å². The number of aliphatic hydroxyl groups excluding tert-OH is 1. The molecule has 0 radical (unpaired) electrons. The predicted molar refractivity (Wildman–Crippen MR) is 106 cm³/mol. The molecule has 2 aromatic carbocycles. The molecule has 1 fully saturated rings. The van der Waals surface area contributed by atoms with Gasteiger partial charge in [-0.25, -0.2) is 0 Å². The molecule has 28 heavy (non-hydrogen) atoms. The van der Waals surface area contributed by atoms with Gasteiger partial charge in [0.1, 0.15) is 0 Å². The normalized spacial score (nSPS) is 16.8. The molecule has 1 atom stereocenters. The standard InChI is InChI=1S/C22H26N2O4/c1-16(25)12-23(14-18-6-9-20-21(11-18)28-15-27-20)13-17-4-7-19(8-5-17)24-10-2-3-22(24)26/h4-9,11,16,25H,2-3,10,12-15H2,1H3/t16-/m1/s1. The molecule has 2 aliphatic heterocycles. The second-order valence-electron chi connectivity index (χ2n) is 7.52. The molecule has 0 bridgehead atoms. The Labute approximate surface area is 165 Å². The molecular weight excluding hydrogens is 356 g/mol. The van der Waals surface area contributed by atoms with Crippen LogP contribution in [0.2, 0.25) is 0 Å². The Morgan fingerprint density at radius 1 is 1.07 bits per heavy atom. The van der Waals surface area contributed by atoms with Crippen molar-refractivity contribution in [2.45, 2.75) is 39.0 Å². The Kier molecular flexibility index (Phi) is 5.50. The molecule has 0 saturated carbocycles. The maximum atomic E-state index is 11.9. The highest BCUT2D eigenvalue weighted by atomic mass is 16.7. The van der Waals surface area contributed by atoms with E-state index in [2.05, 4.69) is 17.0 Å². The zero-order valence-corrected chi connectivity index (χ0v) is 16.1. The first-order valence-corrected chi connectivity index (χ1v) is 9.77. The van der Waals surface area contributed by atoms with Crippen LogP contribution in [-0.4, -0.2) is 41.9 Å². The Bertz CT molecular complexity index is 835. The summed E-state index contributed by atoms with van der Waals surface area (Å²) in [4.78, 5) is 16.0. The van der Waals surface area contributed by atoms with Crippen LogP contribution in [0.3, 0.4) is 0 Å². The fourth-order valence-electron chi connectivity index (χ4n) is 3.82. The number of fused-ring (bicyclic) bond motifs is 1. The predicted octanol–water partition coefficient (Wildman–Crippen LogP) is 2.93. The van der Waals surface area contributed by atoms with E-state index in [0.29, 0.717) is 26.1 Å². The molecule has 6 heteroatoms. The van der Waals surface area contributed by atoms with Gasteiger partial charge in [0, 0.05) is 38.3 Å². The van der Waals surface area contributed by atoms with Crippen molar-refractivity contribution in [3.05, 3.63) is 53.6 Å². The maximum absolute atomic E-state index is 11.9. The van der Waals surface area contributed by atoms with Crippen molar-refractivity contribution in [3.8, 4) is 11.5 Å². The number of amides is 1. The lowest BCUT2D eigenvalue weighted by molar-refractivity contribution is -0.117. The molecule has 6 nitrogen and oxygen atoms in total. The van der Waals surface area contributed by atoms with Crippen LogP contribution in [-0.2, 0) is 17.9 Å². The summed E-state index contributed by atoms with van der Waals surface area (Å²) in [6.45, 7) is 4.86. The summed E-state index contributed by atoms with van der Waals surface area (Å²) < 4.78 is 10.8. The van der Waals surface area contributed by atoms with E-state index in [1.165, 1.54) is 0 Å². The van der Waals surface area contributed by atoms with Crippen molar-refractivity contribution in [2.24, 2.45) is 0 Å². The monoisotopic (exact) mass is 382 g/mol. The van der Waals surface area contributed by atoms with Crippen molar-refractivity contribution in [1.82, 2.24) is 4.90 Å². The van der Waals surface area contributed by atoms with Crippen molar-refractivity contribution in [1.29, 1.82) is 0 Å². The van der Waals surface area contributed by atoms with Crippen LogP contribution in [0, 0.1) is 0 Å². The largest absolute Gasteiger partial charge is 0.454 e. The van der Waals surface area contributed by atoms with E-state index in [1.807, 2.05) is 35.2 Å².